The van der Waals surface area contributed by atoms with Crippen molar-refractivity contribution in [3.8, 4) is 0 Å². The number of nitrogens with zero attached hydrogens (tertiary/aromatic N) is 2. The van der Waals surface area contributed by atoms with Crippen molar-refractivity contribution in [3.63, 3.8) is 0 Å². The Kier molecular flexibility index (Phi) is 4.44. The molecule has 25 heavy (non-hydrogen) atoms. The molecule has 0 aliphatic carbocycles. The lowest BCUT2D eigenvalue weighted by Gasteiger charge is -2.15. The second-order valence-electron chi connectivity index (χ2n) is 5.28. The summed E-state index contributed by atoms with van der Waals surface area (Å²) in [6.45, 7) is 0. The first-order valence-corrected chi connectivity index (χ1v) is 8.16. The van der Waals surface area contributed by atoms with Crippen LogP contribution >= 0.6 is 11.3 Å². The highest BCUT2D eigenvalue weighted by atomic mass is 32.1. The van der Waals surface area contributed by atoms with Gasteiger partial charge in [0.25, 0.3) is 5.91 Å². The summed E-state index contributed by atoms with van der Waals surface area (Å²) in [6, 6.07) is 13.7. The van der Waals surface area contributed by atoms with Crippen LogP contribution in [0.2, 0.25) is 0 Å². The summed E-state index contributed by atoms with van der Waals surface area (Å²) in [5.41, 5.74) is 6.81. The smallest absolute Gasteiger partial charge is 0.259 e. The van der Waals surface area contributed by atoms with Crippen LogP contribution in [0.3, 0.4) is 0 Å². The van der Waals surface area contributed by atoms with Gasteiger partial charge in [-0.25, -0.2) is 4.98 Å². The zero-order valence-electron chi connectivity index (χ0n) is 13.3. The van der Waals surface area contributed by atoms with Crippen molar-refractivity contribution in [2.75, 3.05) is 17.3 Å². The summed E-state index contributed by atoms with van der Waals surface area (Å²) >= 11 is 0.909. The number of fused-ring (bicyclic) bond motifs is 1. The van der Waals surface area contributed by atoms with E-state index in [0.29, 0.717) is 27.3 Å². The van der Waals surface area contributed by atoms with Crippen LogP contribution in [-0.4, -0.2) is 23.9 Å². The third kappa shape index (κ3) is 3.48. The van der Waals surface area contributed by atoms with Crippen LogP contribution in [0, 0.1) is 5.41 Å². The number of guanidine groups is 1. The molecule has 0 aliphatic heterocycles. The van der Waals surface area contributed by atoms with Crippen LogP contribution in [0.1, 0.15) is 10.4 Å². The second-order valence-corrected chi connectivity index (χ2v) is 6.22. The quantitative estimate of drug-likeness (QED) is 0.494. The molecule has 4 N–H and O–H groups in total. The fourth-order valence-corrected chi connectivity index (χ4v) is 3.11. The van der Waals surface area contributed by atoms with E-state index in [1.54, 1.807) is 49.5 Å². The SMILES string of the molecule is CN(C(=O)c1ccccc1)c1nc2cc(NC(=N)N)ccc2c(=O)s1. The Hall–Kier alpha value is -3.26. The Morgan fingerprint density at radius 2 is 1.96 bits per heavy atom. The van der Waals surface area contributed by atoms with Gasteiger partial charge in [-0.15, -0.1) is 0 Å². The number of nitrogens with one attached hydrogen (secondary N) is 2. The van der Waals surface area contributed by atoms with E-state index in [2.05, 4.69) is 10.3 Å². The number of hydrogen-bond donors (Lipinski definition) is 3. The van der Waals surface area contributed by atoms with Crippen molar-refractivity contribution in [2.24, 2.45) is 5.73 Å². The van der Waals surface area contributed by atoms with Crippen LogP contribution in [-0.2, 0) is 0 Å². The molecule has 0 radical (unpaired) electrons. The van der Waals surface area contributed by atoms with Crippen LogP contribution in [0.15, 0.2) is 53.3 Å². The van der Waals surface area contributed by atoms with Crippen molar-refractivity contribution in [1.82, 2.24) is 4.98 Å². The number of anilines is 2. The zero-order valence-corrected chi connectivity index (χ0v) is 14.1. The molecule has 7 nitrogen and oxygen atoms in total. The van der Waals surface area contributed by atoms with Crippen molar-refractivity contribution >= 4 is 44.9 Å². The molecule has 1 aromatic heterocycles. The lowest BCUT2D eigenvalue weighted by molar-refractivity contribution is 0.0993. The maximum Gasteiger partial charge on any atom is 0.259 e. The molecule has 1 amide bonds. The molecule has 0 saturated heterocycles. The van der Waals surface area contributed by atoms with Gasteiger partial charge in [0.1, 0.15) is 0 Å². The number of carbonyl (C=O) groups is 1. The van der Waals surface area contributed by atoms with Crippen LogP contribution in [0.25, 0.3) is 10.9 Å². The van der Waals surface area contributed by atoms with Gasteiger partial charge in [0.2, 0.25) is 4.74 Å². The maximum atomic E-state index is 12.5. The standard InChI is InChI=1S/C17H15N5O2S/c1-22(14(23)10-5-3-2-4-6-10)17-21-13-9-11(20-16(18)19)7-8-12(13)15(24)25-17/h2-9H,1H3,(H4,18,19,20). The molecule has 8 heteroatoms. The summed E-state index contributed by atoms with van der Waals surface area (Å²) in [7, 11) is 1.58. The van der Waals surface area contributed by atoms with Crippen molar-refractivity contribution in [3.05, 3.63) is 63.6 Å². The number of rotatable bonds is 3. The molecule has 126 valence electrons. The van der Waals surface area contributed by atoms with E-state index < -0.39 is 0 Å². The van der Waals surface area contributed by atoms with E-state index in [9.17, 15) is 9.59 Å². The summed E-state index contributed by atoms with van der Waals surface area (Å²) in [5, 5.41) is 10.7. The Labute approximate surface area is 147 Å². The number of amides is 1. The van der Waals surface area contributed by atoms with Crippen LogP contribution in [0.5, 0.6) is 0 Å². The minimum Gasteiger partial charge on any atom is -0.370 e. The number of benzene rings is 2. The van der Waals surface area contributed by atoms with Crippen LogP contribution < -0.4 is 20.7 Å². The van der Waals surface area contributed by atoms with Gasteiger partial charge in [0.15, 0.2) is 11.1 Å². The average molecular weight is 353 g/mol. The third-order valence-corrected chi connectivity index (χ3v) is 4.46. The third-order valence-electron chi connectivity index (χ3n) is 3.51. The van der Waals surface area contributed by atoms with Crippen molar-refractivity contribution in [2.45, 2.75) is 0 Å². The first-order valence-electron chi connectivity index (χ1n) is 7.35. The van der Waals surface area contributed by atoms with Gasteiger partial charge in [0, 0.05) is 18.3 Å². The molecule has 3 aromatic rings. The highest BCUT2D eigenvalue weighted by Gasteiger charge is 2.17. The molecule has 0 bridgehead atoms. The number of carbonyl (C=O) groups excluding carboxylic acids is 1. The summed E-state index contributed by atoms with van der Waals surface area (Å²) in [6.07, 6.45) is 0. The highest BCUT2D eigenvalue weighted by molar-refractivity contribution is 7.13. The van der Waals surface area contributed by atoms with E-state index in [-0.39, 0.29) is 16.6 Å². The molecule has 1 heterocycles. The maximum absolute atomic E-state index is 12.5. The highest BCUT2D eigenvalue weighted by Crippen LogP contribution is 2.22. The largest absolute Gasteiger partial charge is 0.370 e. The fraction of sp³-hybridized carbons (Fsp3) is 0.0588. The van der Waals surface area contributed by atoms with Crippen molar-refractivity contribution < 1.29 is 4.79 Å². The summed E-state index contributed by atoms with van der Waals surface area (Å²) in [4.78, 5) is 30.7. The molecule has 0 saturated carbocycles. The van der Waals surface area contributed by atoms with Crippen molar-refractivity contribution in [1.29, 1.82) is 5.41 Å². The number of hydrogen-bond acceptors (Lipinski definition) is 5. The van der Waals surface area contributed by atoms with E-state index in [1.807, 2.05) is 6.07 Å². The predicted molar refractivity (Wildman–Crippen MR) is 101 cm³/mol. The average Bonchev–Trinajstić information content (AvgIpc) is 2.60. The molecule has 0 fully saturated rings. The molecular weight excluding hydrogens is 338 g/mol. The summed E-state index contributed by atoms with van der Waals surface area (Å²) in [5.74, 6) is -0.460. The Morgan fingerprint density at radius 3 is 2.64 bits per heavy atom. The van der Waals surface area contributed by atoms with Gasteiger partial charge in [-0.3, -0.25) is 19.9 Å². The van der Waals surface area contributed by atoms with E-state index in [4.69, 9.17) is 11.1 Å². The summed E-state index contributed by atoms with van der Waals surface area (Å²) < 4.78 is -0.193. The zero-order chi connectivity index (χ0) is 18.0. The number of aromatic nitrogens is 1. The van der Waals surface area contributed by atoms with E-state index in [1.165, 1.54) is 4.90 Å². The fourth-order valence-electron chi connectivity index (χ4n) is 2.30. The lowest BCUT2D eigenvalue weighted by Crippen LogP contribution is -2.27. The predicted octanol–water partition coefficient (Wildman–Crippen LogP) is 2.24. The Morgan fingerprint density at radius 1 is 1.24 bits per heavy atom. The molecule has 3 rings (SSSR count). The molecule has 0 aliphatic rings. The molecule has 0 spiro atoms. The van der Waals surface area contributed by atoms with Gasteiger partial charge in [0.05, 0.1) is 10.9 Å². The molecule has 0 unspecified atom stereocenters. The van der Waals surface area contributed by atoms with Crippen LogP contribution in [0.4, 0.5) is 10.8 Å². The Bertz CT molecular complexity index is 1020. The molecular formula is C17H15N5O2S. The minimum absolute atomic E-state index is 0.193. The first kappa shape index (κ1) is 16.6. The normalized spacial score (nSPS) is 10.4. The lowest BCUT2D eigenvalue weighted by atomic mass is 10.2. The van der Waals surface area contributed by atoms with Gasteiger partial charge in [-0.1, -0.05) is 29.5 Å². The number of nitrogens with two attached hydrogens (primary N) is 1. The first-order chi connectivity index (χ1) is 12.0. The van der Waals surface area contributed by atoms with Gasteiger partial charge >= 0.3 is 0 Å². The molecule has 2 aromatic carbocycles. The van der Waals surface area contributed by atoms with Gasteiger partial charge in [-0.05, 0) is 30.3 Å². The molecule has 0 atom stereocenters. The van der Waals surface area contributed by atoms with E-state index in [0.717, 1.165) is 11.3 Å². The monoisotopic (exact) mass is 353 g/mol. The van der Waals surface area contributed by atoms with E-state index >= 15 is 0 Å². The minimum atomic E-state index is -0.249. The van der Waals surface area contributed by atoms with Gasteiger partial charge < -0.3 is 11.1 Å². The second kappa shape index (κ2) is 6.70. The Balaban J connectivity index is 2.02. The topological polar surface area (TPSA) is 112 Å². The van der Waals surface area contributed by atoms with Gasteiger partial charge in [-0.2, -0.15) is 0 Å².